The van der Waals surface area contributed by atoms with Crippen LogP contribution >= 0.6 is 11.6 Å². The molecule has 1 aliphatic heterocycles. The van der Waals surface area contributed by atoms with E-state index in [4.69, 9.17) is 11.6 Å². The zero-order valence-corrected chi connectivity index (χ0v) is 21.2. The Kier molecular flexibility index (Phi) is 6.52. The maximum Gasteiger partial charge on any atom is 0.421 e. The minimum absolute atomic E-state index is 0.0804. The monoisotopic (exact) mass is 580 g/mol. The number of Topliss-reactive ketones (excluding diaryl/α,β-unsaturated/α-hetero) is 1. The Hall–Kier alpha value is -2.90. The van der Waals surface area contributed by atoms with Crippen molar-refractivity contribution in [2.45, 2.75) is 49.5 Å². The minimum Gasteiger partial charge on any atom is -0.294 e. The summed E-state index contributed by atoms with van der Waals surface area (Å²) < 4.78 is 113. The SMILES string of the molecule is CC1(C)CC(=O)C2=C(C1)N(c1cccc(C(F)(F)F)c1)C(=O)[C@@]2(NS(=O)(=O)c1ccc(Cl)cc1)C(F)(F)F. The molecule has 4 rings (SSSR count). The Morgan fingerprint density at radius 2 is 1.55 bits per heavy atom. The second-order valence-corrected chi connectivity index (χ2v) is 11.9. The quantitative estimate of drug-likeness (QED) is 0.475. The Labute approximate surface area is 218 Å². The van der Waals surface area contributed by atoms with Gasteiger partial charge in [-0.1, -0.05) is 31.5 Å². The molecular weight excluding hydrogens is 562 g/mol. The maximum atomic E-state index is 14.9. The highest BCUT2D eigenvalue weighted by atomic mass is 35.5. The maximum absolute atomic E-state index is 14.9. The van der Waals surface area contributed by atoms with Gasteiger partial charge in [0.15, 0.2) is 5.78 Å². The molecule has 14 heteroatoms. The highest BCUT2D eigenvalue weighted by Crippen LogP contribution is 2.53. The lowest BCUT2D eigenvalue weighted by Crippen LogP contribution is -2.66. The molecule has 0 saturated carbocycles. The standard InChI is InChI=1S/C24H19ClF6N2O4S/c1-21(2)11-17-19(18(34)12-21)22(24(29,30)31,32-38(36,37)16-8-6-14(25)7-9-16)20(35)33(17)15-5-3-4-13(10-15)23(26,27)28/h3-10,32H,11-12H2,1-2H3/t22-/m1/s1. The van der Waals surface area contributed by atoms with Crippen LogP contribution in [0.15, 0.2) is 64.7 Å². The van der Waals surface area contributed by atoms with E-state index in [1.807, 2.05) is 0 Å². The van der Waals surface area contributed by atoms with Crippen LogP contribution in [0.4, 0.5) is 32.0 Å². The average molecular weight is 581 g/mol. The van der Waals surface area contributed by atoms with Crippen molar-refractivity contribution in [3.05, 3.63) is 70.4 Å². The van der Waals surface area contributed by atoms with Crippen molar-refractivity contribution in [3.8, 4) is 0 Å². The fourth-order valence-electron chi connectivity index (χ4n) is 4.69. The molecule has 2 aromatic rings. The van der Waals surface area contributed by atoms with Crippen LogP contribution in [0.1, 0.15) is 32.3 Å². The molecule has 2 aromatic carbocycles. The molecular formula is C24H19ClF6N2O4S. The number of alkyl halides is 6. The van der Waals surface area contributed by atoms with Gasteiger partial charge in [0.25, 0.3) is 5.91 Å². The number of anilines is 1. The first kappa shape index (κ1) is 28.1. The molecule has 1 aliphatic carbocycles. The molecule has 0 aromatic heterocycles. The van der Waals surface area contributed by atoms with Gasteiger partial charge < -0.3 is 0 Å². The Balaban J connectivity index is 1.99. The van der Waals surface area contributed by atoms with E-state index in [0.29, 0.717) is 17.0 Å². The number of carbonyl (C=O) groups is 2. The van der Waals surface area contributed by atoms with Crippen LogP contribution < -0.4 is 9.62 Å². The Morgan fingerprint density at radius 1 is 0.947 bits per heavy atom. The third-order valence-electron chi connectivity index (χ3n) is 6.29. The van der Waals surface area contributed by atoms with E-state index in [0.717, 1.165) is 36.4 Å². The van der Waals surface area contributed by atoms with Gasteiger partial charge in [-0.25, -0.2) is 8.42 Å². The first-order valence-corrected chi connectivity index (χ1v) is 12.8. The van der Waals surface area contributed by atoms with Gasteiger partial charge in [0.05, 0.1) is 16.0 Å². The number of allylic oxidation sites excluding steroid dienone is 1. The van der Waals surface area contributed by atoms with E-state index in [1.165, 1.54) is 18.6 Å². The van der Waals surface area contributed by atoms with Crippen LogP contribution in [0.5, 0.6) is 0 Å². The van der Waals surface area contributed by atoms with Gasteiger partial charge in [0.1, 0.15) is 0 Å². The predicted octanol–water partition coefficient (Wildman–Crippen LogP) is 5.63. The lowest BCUT2D eigenvalue weighted by atomic mass is 9.72. The molecule has 0 radical (unpaired) electrons. The number of nitrogens with zero attached hydrogens (tertiary/aromatic N) is 1. The zero-order valence-electron chi connectivity index (χ0n) is 19.7. The van der Waals surface area contributed by atoms with Gasteiger partial charge in [-0.15, -0.1) is 0 Å². The smallest absolute Gasteiger partial charge is 0.294 e. The lowest BCUT2D eigenvalue weighted by molar-refractivity contribution is -0.184. The number of rotatable bonds is 4. The summed E-state index contributed by atoms with van der Waals surface area (Å²) in [5.41, 5.74) is -8.59. The van der Waals surface area contributed by atoms with Crippen LogP contribution in [-0.2, 0) is 25.8 Å². The number of nitrogens with one attached hydrogen (secondary N) is 1. The summed E-state index contributed by atoms with van der Waals surface area (Å²) in [7, 11) is -5.12. The molecule has 0 unspecified atom stereocenters. The second-order valence-electron chi connectivity index (χ2n) is 9.76. The fraction of sp³-hybridized carbons (Fsp3) is 0.333. The van der Waals surface area contributed by atoms with Crippen molar-refractivity contribution in [1.29, 1.82) is 0 Å². The summed E-state index contributed by atoms with van der Waals surface area (Å²) in [5, 5.41) is 0.0804. The zero-order chi connectivity index (χ0) is 28.5. The van der Waals surface area contributed by atoms with Crippen molar-refractivity contribution in [1.82, 2.24) is 4.72 Å². The van der Waals surface area contributed by atoms with E-state index in [1.54, 1.807) is 0 Å². The van der Waals surface area contributed by atoms with Crippen molar-refractivity contribution < 1.29 is 44.3 Å². The van der Waals surface area contributed by atoms with E-state index < -0.39 is 78.9 Å². The molecule has 1 heterocycles. The molecule has 2 aliphatic rings. The largest absolute Gasteiger partial charge is 0.421 e. The van der Waals surface area contributed by atoms with Crippen molar-refractivity contribution in [2.75, 3.05) is 4.90 Å². The summed E-state index contributed by atoms with van der Waals surface area (Å²) in [4.78, 5) is 26.6. The number of benzene rings is 2. The third-order valence-corrected chi connectivity index (χ3v) is 8.01. The number of amides is 1. The highest BCUT2D eigenvalue weighted by molar-refractivity contribution is 7.89. The molecule has 204 valence electrons. The van der Waals surface area contributed by atoms with Gasteiger partial charge in [-0.2, -0.15) is 31.1 Å². The second kappa shape index (κ2) is 8.82. The van der Waals surface area contributed by atoms with Gasteiger partial charge in [0, 0.05) is 22.8 Å². The van der Waals surface area contributed by atoms with Crippen LogP contribution in [-0.4, -0.2) is 31.8 Å². The van der Waals surface area contributed by atoms with Crippen molar-refractivity contribution in [2.24, 2.45) is 5.41 Å². The number of ketones is 1. The van der Waals surface area contributed by atoms with Crippen molar-refractivity contribution in [3.63, 3.8) is 0 Å². The average Bonchev–Trinajstić information content (AvgIpc) is 3.00. The first-order chi connectivity index (χ1) is 17.3. The summed E-state index contributed by atoms with van der Waals surface area (Å²) in [5.74, 6) is -3.12. The fourth-order valence-corrected chi connectivity index (χ4v) is 6.13. The topological polar surface area (TPSA) is 83.6 Å². The van der Waals surface area contributed by atoms with Crippen LogP contribution in [0.3, 0.4) is 0 Å². The van der Waals surface area contributed by atoms with Gasteiger partial charge in [0.2, 0.25) is 15.6 Å². The van der Waals surface area contributed by atoms with E-state index in [9.17, 15) is 44.3 Å². The summed E-state index contributed by atoms with van der Waals surface area (Å²) in [6.45, 7) is 3.07. The molecule has 1 N–H and O–H groups in total. The van der Waals surface area contributed by atoms with E-state index in [2.05, 4.69) is 0 Å². The van der Waals surface area contributed by atoms with E-state index >= 15 is 0 Å². The number of hydrogen-bond donors (Lipinski definition) is 1. The molecule has 6 nitrogen and oxygen atoms in total. The molecule has 1 atom stereocenters. The molecule has 0 saturated heterocycles. The third kappa shape index (κ3) is 4.60. The first-order valence-electron chi connectivity index (χ1n) is 11.0. The summed E-state index contributed by atoms with van der Waals surface area (Å²) in [6.07, 6.45) is -11.4. The Bertz CT molecular complexity index is 1470. The van der Waals surface area contributed by atoms with Crippen LogP contribution in [0.25, 0.3) is 0 Å². The summed E-state index contributed by atoms with van der Waals surface area (Å²) in [6, 6.07) is 7.00. The number of sulfonamides is 1. The molecule has 38 heavy (non-hydrogen) atoms. The van der Waals surface area contributed by atoms with Crippen LogP contribution in [0.2, 0.25) is 5.02 Å². The molecule has 0 spiro atoms. The summed E-state index contributed by atoms with van der Waals surface area (Å²) >= 11 is 5.74. The predicted molar refractivity (Wildman–Crippen MR) is 125 cm³/mol. The van der Waals surface area contributed by atoms with Gasteiger partial charge in [-0.05, 0) is 54.3 Å². The molecule has 1 amide bonds. The van der Waals surface area contributed by atoms with E-state index in [-0.39, 0.29) is 11.4 Å². The normalized spacial score (nSPS) is 22.2. The highest BCUT2D eigenvalue weighted by Gasteiger charge is 2.72. The number of halogens is 7. The lowest BCUT2D eigenvalue weighted by Gasteiger charge is -2.35. The molecule has 0 bridgehead atoms. The molecule has 0 fully saturated rings. The Morgan fingerprint density at radius 3 is 2.11 bits per heavy atom. The minimum atomic E-state index is -5.70. The van der Waals surface area contributed by atoms with Crippen molar-refractivity contribution >= 4 is 39.0 Å². The number of carbonyl (C=O) groups excluding carboxylic acids is 2. The number of hydrogen-bond acceptors (Lipinski definition) is 4. The van der Waals surface area contributed by atoms with Crippen LogP contribution in [0, 0.1) is 5.41 Å². The van der Waals surface area contributed by atoms with Gasteiger partial charge >= 0.3 is 12.4 Å². The van der Waals surface area contributed by atoms with Gasteiger partial charge in [-0.3, -0.25) is 14.5 Å².